The number of piperidine rings is 1. The van der Waals surface area contributed by atoms with Crippen LogP contribution in [-0.4, -0.2) is 49.8 Å². The molecule has 0 atom stereocenters. The number of carbonyl (C=O) groups is 1. The summed E-state index contributed by atoms with van der Waals surface area (Å²) in [5.41, 5.74) is 5.49. The molecule has 0 unspecified atom stereocenters. The van der Waals surface area contributed by atoms with Crippen molar-refractivity contribution >= 4 is 16.9 Å². The Bertz CT molecular complexity index is 1300. The quantitative estimate of drug-likeness (QED) is 0.491. The summed E-state index contributed by atoms with van der Waals surface area (Å²) in [5.74, 6) is 0.0539. The molecule has 162 valence electrons. The van der Waals surface area contributed by atoms with Crippen LogP contribution in [0.4, 0.5) is 0 Å². The van der Waals surface area contributed by atoms with Crippen molar-refractivity contribution in [2.24, 2.45) is 7.05 Å². The van der Waals surface area contributed by atoms with Crippen molar-refractivity contribution in [2.75, 3.05) is 19.7 Å². The largest absolute Gasteiger partial charge is 0.368 e. The third-order valence-electron chi connectivity index (χ3n) is 6.82. The van der Waals surface area contributed by atoms with E-state index in [-0.39, 0.29) is 5.91 Å². The average molecular weight is 428 g/mol. The number of hydrogen-bond donors (Lipinski definition) is 0. The molecule has 6 rings (SSSR count). The highest BCUT2D eigenvalue weighted by molar-refractivity contribution is 5.97. The van der Waals surface area contributed by atoms with Crippen molar-refractivity contribution < 1.29 is 9.53 Å². The Labute approximate surface area is 186 Å². The maximum Gasteiger partial charge on any atom is 0.253 e. The Morgan fingerprint density at radius 3 is 2.72 bits per heavy atom. The second-order valence-electron chi connectivity index (χ2n) is 8.73. The molecule has 0 saturated carbocycles. The van der Waals surface area contributed by atoms with Crippen molar-refractivity contribution in [3.8, 4) is 5.69 Å². The lowest BCUT2D eigenvalue weighted by Crippen LogP contribution is -2.48. The number of benzene rings is 2. The van der Waals surface area contributed by atoms with Crippen molar-refractivity contribution in [3.63, 3.8) is 0 Å². The Morgan fingerprint density at radius 2 is 1.91 bits per heavy atom. The van der Waals surface area contributed by atoms with Gasteiger partial charge in [0.1, 0.15) is 5.60 Å². The molecule has 1 fully saturated rings. The summed E-state index contributed by atoms with van der Waals surface area (Å²) in [4.78, 5) is 19.5. The van der Waals surface area contributed by atoms with Gasteiger partial charge in [-0.3, -0.25) is 4.79 Å². The van der Waals surface area contributed by atoms with E-state index in [4.69, 9.17) is 9.84 Å². The van der Waals surface area contributed by atoms with Gasteiger partial charge in [0.25, 0.3) is 5.91 Å². The van der Waals surface area contributed by atoms with Gasteiger partial charge in [0.15, 0.2) is 0 Å². The van der Waals surface area contributed by atoms with Gasteiger partial charge in [-0.2, -0.15) is 5.10 Å². The smallest absolute Gasteiger partial charge is 0.253 e. The van der Waals surface area contributed by atoms with E-state index in [1.807, 2.05) is 57.6 Å². The zero-order valence-electron chi connectivity index (χ0n) is 18.1. The van der Waals surface area contributed by atoms with Crippen molar-refractivity contribution in [2.45, 2.75) is 24.9 Å². The number of carbonyl (C=O) groups excluding carboxylic acids is 1. The number of aryl methyl sites for hydroxylation is 1. The van der Waals surface area contributed by atoms with E-state index in [9.17, 15) is 4.79 Å². The summed E-state index contributed by atoms with van der Waals surface area (Å²) >= 11 is 0. The first-order chi connectivity index (χ1) is 15.6. The fraction of sp³-hybridized carbons (Fsp3) is 0.320. The van der Waals surface area contributed by atoms with Crippen LogP contribution in [-0.2, 0) is 23.8 Å². The minimum absolute atomic E-state index is 0.0539. The van der Waals surface area contributed by atoms with Crippen LogP contribution >= 0.6 is 0 Å². The number of fused-ring (bicyclic) bond motifs is 3. The molecule has 0 N–H and O–H groups in total. The van der Waals surface area contributed by atoms with E-state index in [0.29, 0.717) is 25.3 Å². The molecule has 4 heterocycles. The van der Waals surface area contributed by atoms with E-state index in [0.717, 1.165) is 41.7 Å². The molecule has 0 bridgehead atoms. The summed E-state index contributed by atoms with van der Waals surface area (Å²) in [6, 6.07) is 15.9. The third kappa shape index (κ3) is 3.04. The standard InChI is InChI=1S/C25H25N5O2/c1-28-17-26-21-15-18(7-8-22(21)28)24(31)29-12-10-25(11-13-29)23-19(9-14-32-25)16-30(27-23)20-5-3-2-4-6-20/h2-8,15-17H,9-14H2,1H3. The topological polar surface area (TPSA) is 65.2 Å². The van der Waals surface area contributed by atoms with Gasteiger partial charge in [-0.25, -0.2) is 9.67 Å². The van der Waals surface area contributed by atoms with Crippen LogP contribution in [0.5, 0.6) is 0 Å². The van der Waals surface area contributed by atoms with Crippen LogP contribution in [0.2, 0.25) is 0 Å². The van der Waals surface area contributed by atoms with Crippen LogP contribution in [0.3, 0.4) is 0 Å². The van der Waals surface area contributed by atoms with E-state index >= 15 is 0 Å². The normalized spacial score (nSPS) is 17.6. The van der Waals surface area contributed by atoms with Gasteiger partial charge in [0, 0.05) is 31.9 Å². The number of likely N-dealkylation sites (tertiary alicyclic amines) is 1. The minimum atomic E-state index is -0.407. The molecule has 1 saturated heterocycles. The molecule has 2 aliphatic heterocycles. The Balaban J connectivity index is 1.23. The highest BCUT2D eigenvalue weighted by Gasteiger charge is 2.44. The van der Waals surface area contributed by atoms with E-state index < -0.39 is 5.60 Å². The van der Waals surface area contributed by atoms with E-state index in [1.54, 1.807) is 6.33 Å². The number of amides is 1. The van der Waals surface area contributed by atoms with Gasteiger partial charge in [-0.05, 0) is 55.2 Å². The van der Waals surface area contributed by atoms with Gasteiger partial charge in [-0.1, -0.05) is 18.2 Å². The maximum absolute atomic E-state index is 13.2. The minimum Gasteiger partial charge on any atom is -0.368 e. The summed E-state index contributed by atoms with van der Waals surface area (Å²) < 4.78 is 10.3. The average Bonchev–Trinajstić information content (AvgIpc) is 3.44. The second kappa shape index (κ2) is 7.31. The first-order valence-electron chi connectivity index (χ1n) is 11.1. The molecule has 7 heteroatoms. The SMILES string of the molecule is Cn1cnc2cc(C(=O)N3CCC4(CC3)OCCc3cn(-c5ccccc5)nc34)ccc21. The highest BCUT2D eigenvalue weighted by Crippen LogP contribution is 2.41. The third-order valence-corrected chi connectivity index (χ3v) is 6.82. The monoisotopic (exact) mass is 427 g/mol. The molecule has 2 aromatic carbocycles. The van der Waals surface area contributed by atoms with Gasteiger partial charge >= 0.3 is 0 Å². The van der Waals surface area contributed by atoms with Crippen LogP contribution in [0, 0.1) is 0 Å². The summed E-state index contributed by atoms with van der Waals surface area (Å²) in [7, 11) is 1.96. The number of rotatable bonds is 2. The molecule has 4 aromatic rings. The summed E-state index contributed by atoms with van der Waals surface area (Å²) in [5, 5.41) is 4.94. The number of aromatic nitrogens is 4. The molecule has 2 aromatic heterocycles. The summed E-state index contributed by atoms with van der Waals surface area (Å²) in [6.45, 7) is 1.99. The molecule has 2 aliphatic rings. The van der Waals surface area contributed by atoms with Gasteiger partial charge in [0.05, 0.1) is 35.3 Å². The van der Waals surface area contributed by atoms with Crippen LogP contribution < -0.4 is 0 Å². The molecule has 1 amide bonds. The lowest BCUT2D eigenvalue weighted by molar-refractivity contribution is -0.0963. The Hall–Kier alpha value is -3.45. The number of nitrogens with zero attached hydrogens (tertiary/aromatic N) is 5. The molecule has 32 heavy (non-hydrogen) atoms. The first-order valence-corrected chi connectivity index (χ1v) is 11.1. The fourth-order valence-corrected chi connectivity index (χ4v) is 5.02. The Morgan fingerprint density at radius 1 is 1.09 bits per heavy atom. The second-order valence-corrected chi connectivity index (χ2v) is 8.73. The predicted molar refractivity (Wildman–Crippen MR) is 121 cm³/mol. The van der Waals surface area contributed by atoms with Crippen molar-refractivity contribution in [1.82, 2.24) is 24.2 Å². The number of imidazole rings is 1. The molecular formula is C25H25N5O2. The number of para-hydroxylation sites is 1. The lowest BCUT2D eigenvalue weighted by Gasteiger charge is -2.43. The molecule has 0 radical (unpaired) electrons. The number of ether oxygens (including phenoxy) is 1. The molecule has 1 spiro atoms. The Kier molecular flexibility index (Phi) is 4.40. The van der Waals surface area contributed by atoms with Crippen LogP contribution in [0.1, 0.15) is 34.5 Å². The lowest BCUT2D eigenvalue weighted by atomic mass is 9.83. The molecule has 0 aliphatic carbocycles. The predicted octanol–water partition coefficient (Wildman–Crippen LogP) is 3.46. The zero-order valence-corrected chi connectivity index (χ0v) is 18.1. The van der Waals surface area contributed by atoms with Crippen molar-refractivity contribution in [1.29, 1.82) is 0 Å². The number of hydrogen-bond acceptors (Lipinski definition) is 4. The van der Waals surface area contributed by atoms with Gasteiger partial charge in [0.2, 0.25) is 0 Å². The van der Waals surface area contributed by atoms with Crippen LogP contribution in [0.25, 0.3) is 16.7 Å². The summed E-state index contributed by atoms with van der Waals surface area (Å²) in [6.07, 6.45) is 6.29. The van der Waals surface area contributed by atoms with Gasteiger partial charge < -0.3 is 14.2 Å². The maximum atomic E-state index is 13.2. The zero-order chi connectivity index (χ0) is 21.7. The fourth-order valence-electron chi connectivity index (χ4n) is 5.02. The van der Waals surface area contributed by atoms with Crippen LogP contribution in [0.15, 0.2) is 61.1 Å². The first kappa shape index (κ1) is 19.3. The molecular weight excluding hydrogens is 402 g/mol. The van der Waals surface area contributed by atoms with E-state index in [1.165, 1.54) is 5.56 Å². The van der Waals surface area contributed by atoms with Gasteiger partial charge in [-0.15, -0.1) is 0 Å². The van der Waals surface area contributed by atoms with Crippen molar-refractivity contribution in [3.05, 3.63) is 77.9 Å². The highest BCUT2D eigenvalue weighted by atomic mass is 16.5. The van der Waals surface area contributed by atoms with E-state index in [2.05, 4.69) is 23.3 Å². The molecule has 7 nitrogen and oxygen atoms in total.